The maximum Gasteiger partial charge on any atom is 0.320 e. The summed E-state index contributed by atoms with van der Waals surface area (Å²) < 4.78 is 15.1. The Morgan fingerprint density at radius 3 is 2.90 bits per heavy atom. The highest BCUT2D eigenvalue weighted by Gasteiger charge is 2.33. The van der Waals surface area contributed by atoms with Gasteiger partial charge in [0.1, 0.15) is 17.5 Å². The molecule has 0 radical (unpaired) electrons. The molecule has 0 bridgehead atoms. The average molecular weight is 275 g/mol. The van der Waals surface area contributed by atoms with E-state index in [4.69, 9.17) is 5.11 Å². The molecular weight excluding hydrogens is 261 g/mol. The number of hydrogen-bond donors (Lipinski definition) is 1. The zero-order chi connectivity index (χ0) is 14.1. The van der Waals surface area contributed by atoms with Crippen molar-refractivity contribution in [2.45, 2.75) is 19.0 Å². The minimum Gasteiger partial charge on any atom is -0.480 e. The van der Waals surface area contributed by atoms with E-state index in [1.165, 1.54) is 10.7 Å². The Labute approximate surface area is 115 Å². The minimum absolute atomic E-state index is 0.338. The molecule has 1 N–H and O–H groups in total. The van der Waals surface area contributed by atoms with Crippen molar-refractivity contribution in [1.82, 2.24) is 14.7 Å². The van der Waals surface area contributed by atoms with Crippen LogP contribution in [-0.2, 0) is 11.3 Å². The van der Waals surface area contributed by atoms with Crippen LogP contribution >= 0.6 is 0 Å². The Hall–Kier alpha value is -2.21. The molecule has 5 nitrogen and oxygen atoms in total. The molecule has 1 saturated heterocycles. The van der Waals surface area contributed by atoms with Crippen LogP contribution in [0.1, 0.15) is 12.0 Å². The van der Waals surface area contributed by atoms with Gasteiger partial charge in [-0.1, -0.05) is 12.1 Å². The van der Waals surface area contributed by atoms with Gasteiger partial charge in [-0.25, -0.2) is 9.07 Å². The largest absolute Gasteiger partial charge is 0.480 e. The monoisotopic (exact) mass is 275 g/mol. The first kappa shape index (κ1) is 12.8. The van der Waals surface area contributed by atoms with Crippen molar-refractivity contribution in [1.29, 1.82) is 0 Å². The van der Waals surface area contributed by atoms with Crippen LogP contribution in [0.15, 0.2) is 36.7 Å². The molecule has 0 unspecified atom stereocenters. The normalized spacial score (nSPS) is 18.8. The van der Waals surface area contributed by atoms with Crippen molar-refractivity contribution in [3.05, 3.63) is 48.0 Å². The van der Waals surface area contributed by atoms with Gasteiger partial charge in [-0.3, -0.25) is 9.69 Å². The SMILES string of the molecule is O=C(O)[C@H]1CCN1Cc1cnn(-c2ccccc2F)c1. The van der Waals surface area contributed by atoms with E-state index in [0.717, 1.165) is 12.1 Å². The van der Waals surface area contributed by atoms with Gasteiger partial charge in [-0.15, -0.1) is 0 Å². The molecule has 1 fully saturated rings. The third-order valence-electron chi connectivity index (χ3n) is 3.54. The maximum absolute atomic E-state index is 13.6. The Kier molecular flexibility index (Phi) is 3.23. The van der Waals surface area contributed by atoms with Crippen LogP contribution in [0.25, 0.3) is 5.69 Å². The highest BCUT2D eigenvalue weighted by Crippen LogP contribution is 2.21. The second kappa shape index (κ2) is 5.05. The molecule has 1 aliphatic rings. The molecule has 1 aromatic carbocycles. The van der Waals surface area contributed by atoms with Crippen LogP contribution < -0.4 is 0 Å². The van der Waals surface area contributed by atoms with Crippen molar-refractivity contribution in [2.75, 3.05) is 6.54 Å². The number of carboxylic acids is 1. The van der Waals surface area contributed by atoms with Gasteiger partial charge in [0.25, 0.3) is 0 Å². The Bertz CT molecular complexity index is 641. The second-order valence-electron chi connectivity index (χ2n) is 4.86. The Balaban J connectivity index is 1.75. The fourth-order valence-electron chi connectivity index (χ4n) is 2.36. The molecule has 3 rings (SSSR count). The molecule has 2 heterocycles. The molecular formula is C14H14FN3O2. The van der Waals surface area contributed by atoms with E-state index in [9.17, 15) is 9.18 Å². The highest BCUT2D eigenvalue weighted by atomic mass is 19.1. The first-order valence-corrected chi connectivity index (χ1v) is 6.40. The molecule has 104 valence electrons. The number of carbonyl (C=O) groups is 1. The van der Waals surface area contributed by atoms with Crippen LogP contribution in [0.3, 0.4) is 0 Å². The van der Waals surface area contributed by atoms with Gasteiger partial charge in [0.05, 0.1) is 6.20 Å². The number of hydrogen-bond acceptors (Lipinski definition) is 3. The number of aliphatic carboxylic acids is 1. The predicted molar refractivity (Wildman–Crippen MR) is 70.0 cm³/mol. The summed E-state index contributed by atoms with van der Waals surface area (Å²) in [5.74, 6) is -1.13. The topological polar surface area (TPSA) is 58.4 Å². The molecule has 0 aliphatic carbocycles. The van der Waals surface area contributed by atoms with Gasteiger partial charge < -0.3 is 5.11 Å². The molecule has 1 atom stereocenters. The zero-order valence-corrected chi connectivity index (χ0v) is 10.7. The van der Waals surface area contributed by atoms with Gasteiger partial charge in [-0.2, -0.15) is 5.10 Å². The standard InChI is InChI=1S/C14H14FN3O2/c15-11-3-1-2-4-12(11)18-9-10(7-16-18)8-17-6-5-13(17)14(19)20/h1-4,7,9,13H,5-6,8H2,(H,19,20)/t13-/m1/s1. The van der Waals surface area contributed by atoms with E-state index < -0.39 is 12.0 Å². The lowest BCUT2D eigenvalue weighted by atomic mass is 10.0. The molecule has 6 heteroatoms. The smallest absolute Gasteiger partial charge is 0.320 e. The first-order valence-electron chi connectivity index (χ1n) is 6.40. The Morgan fingerprint density at radius 1 is 1.45 bits per heavy atom. The molecule has 0 saturated carbocycles. The summed E-state index contributed by atoms with van der Waals surface area (Å²) in [6, 6.07) is 5.99. The van der Waals surface area contributed by atoms with E-state index >= 15 is 0 Å². The van der Waals surface area contributed by atoms with Crippen molar-refractivity contribution >= 4 is 5.97 Å². The van der Waals surface area contributed by atoms with Gasteiger partial charge in [0.2, 0.25) is 0 Å². The number of halogens is 1. The molecule has 1 aromatic heterocycles. The van der Waals surface area contributed by atoms with Gasteiger partial charge in [-0.05, 0) is 18.6 Å². The van der Waals surface area contributed by atoms with Crippen molar-refractivity contribution < 1.29 is 14.3 Å². The first-order chi connectivity index (χ1) is 9.65. The van der Waals surface area contributed by atoms with Crippen LogP contribution in [0, 0.1) is 5.82 Å². The van der Waals surface area contributed by atoms with Gasteiger partial charge in [0.15, 0.2) is 0 Å². The molecule has 2 aromatic rings. The maximum atomic E-state index is 13.6. The quantitative estimate of drug-likeness (QED) is 0.922. The fourth-order valence-corrected chi connectivity index (χ4v) is 2.36. The number of benzene rings is 1. The number of aromatic nitrogens is 2. The van der Waals surface area contributed by atoms with Crippen LogP contribution in [0.5, 0.6) is 0 Å². The van der Waals surface area contributed by atoms with E-state index in [2.05, 4.69) is 5.10 Å². The summed E-state index contributed by atoms with van der Waals surface area (Å²) in [7, 11) is 0. The molecule has 0 amide bonds. The van der Waals surface area contributed by atoms with Crippen LogP contribution in [-0.4, -0.2) is 38.3 Å². The third kappa shape index (κ3) is 2.30. The zero-order valence-electron chi connectivity index (χ0n) is 10.7. The van der Waals surface area contributed by atoms with Crippen molar-refractivity contribution in [2.24, 2.45) is 0 Å². The van der Waals surface area contributed by atoms with E-state index in [1.807, 2.05) is 4.90 Å². The summed E-state index contributed by atoms with van der Waals surface area (Å²) in [4.78, 5) is 12.8. The number of nitrogens with zero attached hydrogens (tertiary/aromatic N) is 3. The van der Waals surface area contributed by atoms with Gasteiger partial charge in [0, 0.05) is 24.8 Å². The number of para-hydroxylation sites is 1. The van der Waals surface area contributed by atoms with E-state index in [1.54, 1.807) is 30.6 Å². The predicted octanol–water partition coefficient (Wildman–Crippen LogP) is 1.67. The number of rotatable bonds is 4. The molecule has 1 aliphatic heterocycles. The molecule has 0 spiro atoms. The summed E-state index contributed by atoms with van der Waals surface area (Å²) in [5, 5.41) is 13.1. The van der Waals surface area contributed by atoms with E-state index in [0.29, 0.717) is 18.7 Å². The van der Waals surface area contributed by atoms with Crippen LogP contribution in [0.4, 0.5) is 4.39 Å². The number of likely N-dealkylation sites (tertiary alicyclic amines) is 1. The lowest BCUT2D eigenvalue weighted by Gasteiger charge is -2.37. The Morgan fingerprint density at radius 2 is 2.25 bits per heavy atom. The molecule has 20 heavy (non-hydrogen) atoms. The fraction of sp³-hybridized carbons (Fsp3) is 0.286. The number of carboxylic acid groups (broad SMARTS) is 1. The lowest BCUT2D eigenvalue weighted by Crippen LogP contribution is -2.51. The summed E-state index contributed by atoms with van der Waals surface area (Å²) in [6.45, 7) is 1.28. The van der Waals surface area contributed by atoms with Crippen molar-refractivity contribution in [3.8, 4) is 5.69 Å². The van der Waals surface area contributed by atoms with Crippen molar-refractivity contribution in [3.63, 3.8) is 0 Å². The van der Waals surface area contributed by atoms with E-state index in [-0.39, 0.29) is 5.82 Å². The lowest BCUT2D eigenvalue weighted by molar-refractivity contribution is -0.148. The highest BCUT2D eigenvalue weighted by molar-refractivity contribution is 5.74. The average Bonchev–Trinajstić information content (AvgIpc) is 2.83. The third-order valence-corrected chi connectivity index (χ3v) is 3.54. The second-order valence-corrected chi connectivity index (χ2v) is 4.86. The van der Waals surface area contributed by atoms with Gasteiger partial charge >= 0.3 is 5.97 Å². The summed E-state index contributed by atoms with van der Waals surface area (Å²) >= 11 is 0. The van der Waals surface area contributed by atoms with Crippen LogP contribution in [0.2, 0.25) is 0 Å². The summed E-state index contributed by atoms with van der Waals surface area (Å²) in [6.07, 6.45) is 4.05. The minimum atomic E-state index is -0.794. The summed E-state index contributed by atoms with van der Waals surface area (Å²) in [5.41, 5.74) is 1.26.